The van der Waals surface area contributed by atoms with Crippen molar-refractivity contribution in [3.05, 3.63) is 48.7 Å². The molecular formula is C16H11NO3. The van der Waals surface area contributed by atoms with Crippen molar-refractivity contribution in [2.24, 2.45) is 0 Å². The lowest BCUT2D eigenvalue weighted by atomic mass is 10.2. The summed E-state index contributed by atoms with van der Waals surface area (Å²) in [5, 5.41) is 0.929. The number of fused-ring (bicyclic) bond motifs is 4. The Hall–Kier alpha value is -2.75. The number of rotatable bonds is 1. The summed E-state index contributed by atoms with van der Waals surface area (Å²) in [6, 6.07) is 13.3. The van der Waals surface area contributed by atoms with Crippen LogP contribution in [0.3, 0.4) is 0 Å². The minimum absolute atomic E-state index is 0.626. The molecule has 1 aliphatic heterocycles. The minimum Gasteiger partial charge on any atom is -0.497 e. The van der Waals surface area contributed by atoms with Crippen LogP contribution >= 0.6 is 0 Å². The van der Waals surface area contributed by atoms with Crippen LogP contribution in [0, 0.1) is 0 Å². The molecule has 20 heavy (non-hydrogen) atoms. The molecule has 0 aliphatic carbocycles. The standard InChI is InChI=1S/C16H11NO3/c1-18-10-6-7-13-14(8-10)20-16-11-4-2-3-5-12(11)17-9-15(16)19-13/h2-9H,1H3. The van der Waals surface area contributed by atoms with Gasteiger partial charge in [0, 0.05) is 11.5 Å². The Labute approximate surface area is 115 Å². The van der Waals surface area contributed by atoms with Gasteiger partial charge in [-0.2, -0.15) is 0 Å². The Morgan fingerprint density at radius 1 is 0.950 bits per heavy atom. The fourth-order valence-corrected chi connectivity index (χ4v) is 2.28. The number of nitrogens with zero attached hydrogens (tertiary/aromatic N) is 1. The van der Waals surface area contributed by atoms with Crippen LogP contribution in [0.4, 0.5) is 0 Å². The molecule has 3 aromatic rings. The van der Waals surface area contributed by atoms with E-state index in [0.717, 1.165) is 16.7 Å². The van der Waals surface area contributed by atoms with Crippen molar-refractivity contribution in [1.29, 1.82) is 0 Å². The Kier molecular flexibility index (Phi) is 2.29. The van der Waals surface area contributed by atoms with E-state index in [4.69, 9.17) is 14.2 Å². The molecule has 1 aromatic heterocycles. The van der Waals surface area contributed by atoms with Gasteiger partial charge in [-0.25, -0.2) is 0 Å². The summed E-state index contributed by atoms with van der Waals surface area (Å²) < 4.78 is 17.0. The second-order valence-corrected chi connectivity index (χ2v) is 4.49. The van der Waals surface area contributed by atoms with Gasteiger partial charge in [0.25, 0.3) is 0 Å². The van der Waals surface area contributed by atoms with E-state index in [1.807, 2.05) is 42.5 Å². The molecule has 0 N–H and O–H groups in total. The molecule has 0 unspecified atom stereocenters. The third-order valence-corrected chi connectivity index (χ3v) is 3.28. The number of benzene rings is 2. The zero-order valence-corrected chi connectivity index (χ0v) is 10.8. The fraction of sp³-hybridized carbons (Fsp3) is 0.0625. The topological polar surface area (TPSA) is 40.6 Å². The average molecular weight is 265 g/mol. The maximum atomic E-state index is 5.99. The number of pyridine rings is 1. The normalized spacial score (nSPS) is 12.1. The molecule has 4 heteroatoms. The number of aromatic nitrogens is 1. The highest BCUT2D eigenvalue weighted by Crippen LogP contribution is 2.48. The second-order valence-electron chi connectivity index (χ2n) is 4.49. The monoisotopic (exact) mass is 265 g/mol. The van der Waals surface area contributed by atoms with Crippen LogP contribution < -0.4 is 14.2 Å². The molecule has 2 aromatic carbocycles. The first-order valence-corrected chi connectivity index (χ1v) is 6.26. The molecule has 0 saturated heterocycles. The van der Waals surface area contributed by atoms with Crippen molar-refractivity contribution in [1.82, 2.24) is 4.98 Å². The predicted octanol–water partition coefficient (Wildman–Crippen LogP) is 4.14. The highest BCUT2D eigenvalue weighted by Gasteiger charge is 2.21. The first kappa shape index (κ1) is 11.1. The van der Waals surface area contributed by atoms with Gasteiger partial charge in [0.2, 0.25) is 0 Å². The van der Waals surface area contributed by atoms with Crippen LogP contribution in [0.2, 0.25) is 0 Å². The van der Waals surface area contributed by atoms with E-state index in [9.17, 15) is 0 Å². The van der Waals surface area contributed by atoms with E-state index >= 15 is 0 Å². The average Bonchev–Trinajstić information content (AvgIpc) is 2.52. The maximum Gasteiger partial charge on any atom is 0.189 e. The molecule has 1 aliphatic rings. The SMILES string of the molecule is COc1ccc2c(c1)Oc1c(cnc3ccccc13)O2. The van der Waals surface area contributed by atoms with Gasteiger partial charge in [-0.15, -0.1) is 0 Å². The van der Waals surface area contributed by atoms with Crippen molar-refractivity contribution < 1.29 is 14.2 Å². The molecule has 4 rings (SSSR count). The van der Waals surface area contributed by atoms with E-state index in [1.54, 1.807) is 13.3 Å². The largest absolute Gasteiger partial charge is 0.497 e. The Morgan fingerprint density at radius 3 is 2.75 bits per heavy atom. The summed E-state index contributed by atoms with van der Waals surface area (Å²) >= 11 is 0. The molecule has 0 radical (unpaired) electrons. The maximum absolute atomic E-state index is 5.99. The third kappa shape index (κ3) is 1.58. The summed E-state index contributed by atoms with van der Waals surface area (Å²) in [5.74, 6) is 3.36. The minimum atomic E-state index is 0.626. The van der Waals surface area contributed by atoms with Crippen LogP contribution in [0.1, 0.15) is 0 Å². The molecule has 4 nitrogen and oxygen atoms in total. The van der Waals surface area contributed by atoms with E-state index < -0.39 is 0 Å². The molecule has 0 atom stereocenters. The summed E-state index contributed by atoms with van der Waals surface area (Å²) in [6.07, 6.45) is 1.69. The van der Waals surface area contributed by atoms with Gasteiger partial charge >= 0.3 is 0 Å². The highest BCUT2D eigenvalue weighted by atomic mass is 16.6. The first-order chi connectivity index (χ1) is 9.85. The van der Waals surface area contributed by atoms with E-state index in [-0.39, 0.29) is 0 Å². The third-order valence-electron chi connectivity index (χ3n) is 3.28. The smallest absolute Gasteiger partial charge is 0.189 e. The van der Waals surface area contributed by atoms with Crippen molar-refractivity contribution in [3.63, 3.8) is 0 Å². The number of para-hydroxylation sites is 1. The molecule has 2 heterocycles. The quantitative estimate of drug-likeness (QED) is 0.518. The van der Waals surface area contributed by atoms with E-state index in [1.165, 1.54) is 0 Å². The van der Waals surface area contributed by atoms with E-state index in [0.29, 0.717) is 23.0 Å². The Balaban J connectivity index is 1.90. The Morgan fingerprint density at radius 2 is 1.85 bits per heavy atom. The Bertz CT molecular complexity index is 814. The fourth-order valence-electron chi connectivity index (χ4n) is 2.28. The summed E-state index contributed by atoms with van der Waals surface area (Å²) in [7, 11) is 1.62. The van der Waals surface area contributed by atoms with Gasteiger partial charge in [0.15, 0.2) is 23.0 Å². The van der Waals surface area contributed by atoms with Crippen molar-refractivity contribution in [2.75, 3.05) is 7.11 Å². The molecule has 0 amide bonds. The van der Waals surface area contributed by atoms with Crippen LogP contribution in [-0.4, -0.2) is 12.1 Å². The summed E-state index contributed by atoms with van der Waals surface area (Å²) in [4.78, 5) is 4.37. The molecule has 0 bridgehead atoms. The molecular weight excluding hydrogens is 254 g/mol. The van der Waals surface area contributed by atoms with Crippen LogP contribution in [0.5, 0.6) is 28.7 Å². The number of hydrogen-bond donors (Lipinski definition) is 0. The lowest BCUT2D eigenvalue weighted by Gasteiger charge is -2.21. The van der Waals surface area contributed by atoms with Crippen molar-refractivity contribution in [2.45, 2.75) is 0 Å². The van der Waals surface area contributed by atoms with E-state index in [2.05, 4.69) is 4.98 Å². The summed E-state index contributed by atoms with van der Waals surface area (Å²) in [5.41, 5.74) is 0.876. The zero-order valence-electron chi connectivity index (χ0n) is 10.8. The predicted molar refractivity (Wildman–Crippen MR) is 74.9 cm³/mol. The molecule has 98 valence electrons. The number of methoxy groups -OCH3 is 1. The van der Waals surface area contributed by atoms with Crippen LogP contribution in [0.25, 0.3) is 10.9 Å². The van der Waals surface area contributed by atoms with Gasteiger partial charge < -0.3 is 14.2 Å². The second kappa shape index (κ2) is 4.13. The molecule has 0 fully saturated rings. The summed E-state index contributed by atoms with van der Waals surface area (Å²) in [6.45, 7) is 0. The van der Waals surface area contributed by atoms with Gasteiger partial charge in [0.05, 0.1) is 18.8 Å². The number of ether oxygens (including phenoxy) is 3. The zero-order chi connectivity index (χ0) is 13.5. The molecule has 0 spiro atoms. The van der Waals surface area contributed by atoms with Gasteiger partial charge in [0.1, 0.15) is 5.75 Å². The van der Waals surface area contributed by atoms with Gasteiger partial charge in [-0.3, -0.25) is 4.98 Å². The van der Waals surface area contributed by atoms with Crippen molar-refractivity contribution >= 4 is 10.9 Å². The lowest BCUT2D eigenvalue weighted by Crippen LogP contribution is -2.00. The first-order valence-electron chi connectivity index (χ1n) is 6.26. The highest BCUT2D eigenvalue weighted by molar-refractivity contribution is 5.88. The number of hydrogen-bond acceptors (Lipinski definition) is 4. The van der Waals surface area contributed by atoms with Crippen molar-refractivity contribution in [3.8, 4) is 28.7 Å². The molecule has 0 saturated carbocycles. The van der Waals surface area contributed by atoms with Crippen LogP contribution in [0.15, 0.2) is 48.7 Å². The van der Waals surface area contributed by atoms with Gasteiger partial charge in [-0.1, -0.05) is 12.1 Å². The van der Waals surface area contributed by atoms with Gasteiger partial charge in [-0.05, 0) is 24.3 Å². The lowest BCUT2D eigenvalue weighted by molar-refractivity contribution is 0.355. The van der Waals surface area contributed by atoms with Crippen LogP contribution in [-0.2, 0) is 0 Å².